The summed E-state index contributed by atoms with van der Waals surface area (Å²) in [5, 5.41) is 0. The van der Waals surface area contributed by atoms with Crippen molar-refractivity contribution in [2.24, 2.45) is 0 Å². The second-order valence-corrected chi connectivity index (χ2v) is 4.36. The SMILES string of the molecule is O=C(CCCc1ccccc1)c1cccc(F)c1F. The third-order valence-corrected chi connectivity index (χ3v) is 2.96. The van der Waals surface area contributed by atoms with Crippen molar-refractivity contribution in [3.63, 3.8) is 0 Å². The first-order valence-electron chi connectivity index (χ1n) is 6.19. The van der Waals surface area contributed by atoms with Crippen LogP contribution in [-0.2, 0) is 6.42 Å². The molecule has 0 unspecified atom stereocenters. The van der Waals surface area contributed by atoms with Gasteiger partial charge >= 0.3 is 0 Å². The molecule has 0 amide bonds. The standard InChI is InChI=1S/C16H14F2O/c17-14-10-5-9-13(16(14)18)15(19)11-4-8-12-6-2-1-3-7-12/h1-3,5-7,9-10H,4,8,11H2. The third kappa shape index (κ3) is 3.47. The van der Waals surface area contributed by atoms with Crippen LogP contribution in [0.25, 0.3) is 0 Å². The van der Waals surface area contributed by atoms with Gasteiger partial charge in [0.15, 0.2) is 17.4 Å². The van der Waals surface area contributed by atoms with Crippen molar-refractivity contribution in [3.8, 4) is 0 Å². The molecule has 1 nitrogen and oxygen atoms in total. The van der Waals surface area contributed by atoms with Gasteiger partial charge in [0.2, 0.25) is 0 Å². The van der Waals surface area contributed by atoms with E-state index in [0.717, 1.165) is 18.1 Å². The minimum absolute atomic E-state index is 0.159. The van der Waals surface area contributed by atoms with Crippen LogP contribution in [0.5, 0.6) is 0 Å². The monoisotopic (exact) mass is 260 g/mol. The van der Waals surface area contributed by atoms with E-state index in [-0.39, 0.29) is 17.8 Å². The summed E-state index contributed by atoms with van der Waals surface area (Å²) in [7, 11) is 0. The Kier molecular flexibility index (Phi) is 4.39. The van der Waals surface area contributed by atoms with Crippen LogP contribution in [0.2, 0.25) is 0 Å². The largest absolute Gasteiger partial charge is 0.294 e. The number of hydrogen-bond acceptors (Lipinski definition) is 1. The van der Waals surface area contributed by atoms with Crippen molar-refractivity contribution in [3.05, 3.63) is 71.3 Å². The van der Waals surface area contributed by atoms with Crippen molar-refractivity contribution in [2.45, 2.75) is 19.3 Å². The van der Waals surface area contributed by atoms with Crippen molar-refractivity contribution in [1.29, 1.82) is 0 Å². The van der Waals surface area contributed by atoms with E-state index in [4.69, 9.17) is 0 Å². The van der Waals surface area contributed by atoms with Gasteiger partial charge < -0.3 is 0 Å². The number of carbonyl (C=O) groups is 1. The van der Waals surface area contributed by atoms with E-state index in [1.165, 1.54) is 12.1 Å². The molecule has 0 aromatic heterocycles. The smallest absolute Gasteiger partial charge is 0.169 e. The first-order valence-corrected chi connectivity index (χ1v) is 6.19. The zero-order chi connectivity index (χ0) is 13.7. The van der Waals surface area contributed by atoms with Gasteiger partial charge in [-0.25, -0.2) is 8.78 Å². The summed E-state index contributed by atoms with van der Waals surface area (Å²) in [6, 6.07) is 13.4. The highest BCUT2D eigenvalue weighted by Gasteiger charge is 2.14. The van der Waals surface area contributed by atoms with Crippen LogP contribution < -0.4 is 0 Å². The van der Waals surface area contributed by atoms with E-state index in [1.54, 1.807) is 0 Å². The Hall–Kier alpha value is -2.03. The molecule has 98 valence electrons. The molecule has 2 aromatic rings. The topological polar surface area (TPSA) is 17.1 Å². The lowest BCUT2D eigenvalue weighted by Crippen LogP contribution is -2.04. The molecule has 0 N–H and O–H groups in total. The summed E-state index contributed by atoms with van der Waals surface area (Å²) in [5.74, 6) is -2.38. The lowest BCUT2D eigenvalue weighted by molar-refractivity contribution is 0.0975. The van der Waals surface area contributed by atoms with Gasteiger partial charge in [-0.05, 0) is 30.5 Å². The van der Waals surface area contributed by atoms with Gasteiger partial charge in [-0.15, -0.1) is 0 Å². The number of benzene rings is 2. The van der Waals surface area contributed by atoms with Gasteiger partial charge in [-0.3, -0.25) is 4.79 Å². The Morgan fingerprint density at radius 1 is 0.947 bits per heavy atom. The Morgan fingerprint density at radius 3 is 2.42 bits per heavy atom. The zero-order valence-electron chi connectivity index (χ0n) is 10.4. The lowest BCUT2D eigenvalue weighted by atomic mass is 10.0. The summed E-state index contributed by atoms with van der Waals surface area (Å²) in [6.45, 7) is 0. The van der Waals surface area contributed by atoms with Gasteiger partial charge in [0.05, 0.1) is 5.56 Å². The molecule has 0 aliphatic rings. The highest BCUT2D eigenvalue weighted by Crippen LogP contribution is 2.15. The molecule has 0 saturated carbocycles. The molecule has 0 fully saturated rings. The van der Waals surface area contributed by atoms with Gasteiger partial charge in [0.1, 0.15) is 0 Å². The Morgan fingerprint density at radius 2 is 1.68 bits per heavy atom. The maximum absolute atomic E-state index is 13.4. The minimum Gasteiger partial charge on any atom is -0.294 e. The van der Waals surface area contributed by atoms with Gasteiger partial charge in [-0.2, -0.15) is 0 Å². The summed E-state index contributed by atoms with van der Waals surface area (Å²) in [6.07, 6.45) is 1.59. The van der Waals surface area contributed by atoms with Crippen molar-refractivity contribution in [2.75, 3.05) is 0 Å². The van der Waals surface area contributed by atoms with Gasteiger partial charge in [0, 0.05) is 6.42 Å². The molecule has 0 saturated heterocycles. The third-order valence-electron chi connectivity index (χ3n) is 2.96. The average molecular weight is 260 g/mol. The number of halogens is 2. The van der Waals surface area contributed by atoms with Crippen LogP contribution in [0, 0.1) is 11.6 Å². The van der Waals surface area contributed by atoms with Crippen LogP contribution in [0.15, 0.2) is 48.5 Å². The predicted molar refractivity (Wildman–Crippen MR) is 70.1 cm³/mol. The molecule has 0 aliphatic heterocycles. The molecule has 0 radical (unpaired) electrons. The maximum atomic E-state index is 13.4. The van der Waals surface area contributed by atoms with E-state index >= 15 is 0 Å². The molecule has 2 rings (SSSR count). The summed E-state index contributed by atoms with van der Waals surface area (Å²) in [5.41, 5.74) is 0.975. The Bertz CT molecular complexity index is 564. The van der Waals surface area contributed by atoms with Crippen molar-refractivity contribution < 1.29 is 13.6 Å². The molecule has 0 spiro atoms. The fourth-order valence-corrected chi connectivity index (χ4v) is 1.95. The molecule has 0 heterocycles. The fourth-order valence-electron chi connectivity index (χ4n) is 1.95. The highest BCUT2D eigenvalue weighted by atomic mass is 19.2. The van der Waals surface area contributed by atoms with E-state index in [2.05, 4.69) is 0 Å². The number of ketones is 1. The summed E-state index contributed by atoms with van der Waals surface area (Å²) < 4.78 is 26.4. The number of Topliss-reactive ketones (excluding diaryl/α,β-unsaturated/α-hetero) is 1. The van der Waals surface area contributed by atoms with E-state index in [0.29, 0.717) is 6.42 Å². The van der Waals surface area contributed by atoms with Crippen LogP contribution >= 0.6 is 0 Å². The number of hydrogen-bond donors (Lipinski definition) is 0. The number of aryl methyl sites for hydroxylation is 1. The van der Waals surface area contributed by atoms with Crippen LogP contribution in [0.1, 0.15) is 28.8 Å². The van der Waals surface area contributed by atoms with Crippen molar-refractivity contribution >= 4 is 5.78 Å². The molecular weight excluding hydrogens is 246 g/mol. The first-order chi connectivity index (χ1) is 9.18. The highest BCUT2D eigenvalue weighted by molar-refractivity contribution is 5.96. The summed E-state index contributed by atoms with van der Waals surface area (Å²) >= 11 is 0. The van der Waals surface area contributed by atoms with E-state index in [9.17, 15) is 13.6 Å². The predicted octanol–water partition coefficient (Wildman–Crippen LogP) is 4.17. The van der Waals surface area contributed by atoms with Crippen molar-refractivity contribution in [1.82, 2.24) is 0 Å². The normalized spacial score (nSPS) is 10.4. The Labute approximate surface area is 110 Å². The Balaban J connectivity index is 1.93. The van der Waals surface area contributed by atoms with E-state index < -0.39 is 11.6 Å². The number of rotatable bonds is 5. The molecule has 0 atom stereocenters. The average Bonchev–Trinajstić information content (AvgIpc) is 2.43. The molecule has 2 aromatic carbocycles. The molecule has 19 heavy (non-hydrogen) atoms. The summed E-state index contributed by atoms with van der Waals surface area (Å²) in [4.78, 5) is 11.8. The lowest BCUT2D eigenvalue weighted by Gasteiger charge is -2.03. The fraction of sp³-hybridized carbons (Fsp3) is 0.188. The van der Waals surface area contributed by atoms with Gasteiger partial charge in [-0.1, -0.05) is 36.4 Å². The molecule has 3 heteroatoms. The second kappa shape index (κ2) is 6.23. The molecular formula is C16H14F2O. The quantitative estimate of drug-likeness (QED) is 0.737. The second-order valence-electron chi connectivity index (χ2n) is 4.36. The first kappa shape index (κ1) is 13.4. The molecule has 0 bridgehead atoms. The van der Waals surface area contributed by atoms with Crippen LogP contribution in [0.4, 0.5) is 8.78 Å². The van der Waals surface area contributed by atoms with Crippen LogP contribution in [-0.4, -0.2) is 5.78 Å². The minimum atomic E-state index is -1.05. The zero-order valence-corrected chi connectivity index (χ0v) is 10.4. The maximum Gasteiger partial charge on any atom is 0.169 e. The van der Waals surface area contributed by atoms with Crippen LogP contribution in [0.3, 0.4) is 0 Å². The van der Waals surface area contributed by atoms with Gasteiger partial charge in [0.25, 0.3) is 0 Å². The molecule has 0 aliphatic carbocycles. The number of carbonyl (C=O) groups excluding carboxylic acids is 1. The van der Waals surface area contributed by atoms with E-state index in [1.807, 2.05) is 30.3 Å².